The van der Waals surface area contributed by atoms with Gasteiger partial charge in [0.25, 0.3) is 0 Å². The fourth-order valence-corrected chi connectivity index (χ4v) is 2.58. The minimum Gasteiger partial charge on any atom is -0.326 e. The summed E-state index contributed by atoms with van der Waals surface area (Å²) in [5, 5.41) is 0.801. The molecule has 0 atom stereocenters. The SMILES string of the molecule is NCc1cc(Cl)cc(CN2CCCCC2)c1. The molecular formula is C13H19ClN2. The molecule has 1 heterocycles. The summed E-state index contributed by atoms with van der Waals surface area (Å²) >= 11 is 6.07. The standard InChI is InChI=1S/C13H19ClN2/c14-13-7-11(9-15)6-12(8-13)10-16-4-2-1-3-5-16/h6-8H,1-5,9-10,15H2. The zero-order chi connectivity index (χ0) is 11.4. The Bertz CT molecular complexity index is 346. The first kappa shape index (κ1) is 11.9. The second-order valence-electron chi connectivity index (χ2n) is 4.51. The summed E-state index contributed by atoms with van der Waals surface area (Å²) in [4.78, 5) is 2.50. The number of halogens is 1. The summed E-state index contributed by atoms with van der Waals surface area (Å²) in [5.74, 6) is 0. The van der Waals surface area contributed by atoms with Crippen LogP contribution in [0.25, 0.3) is 0 Å². The van der Waals surface area contributed by atoms with E-state index in [-0.39, 0.29) is 0 Å². The average Bonchev–Trinajstić information content (AvgIpc) is 2.29. The largest absolute Gasteiger partial charge is 0.326 e. The molecule has 0 bridgehead atoms. The summed E-state index contributed by atoms with van der Waals surface area (Å²) in [5.41, 5.74) is 8.06. The Kier molecular flexibility index (Phi) is 4.22. The number of piperidine rings is 1. The van der Waals surface area contributed by atoms with Crippen LogP contribution in [0.4, 0.5) is 0 Å². The average molecular weight is 239 g/mol. The van der Waals surface area contributed by atoms with Gasteiger partial charge in [-0.1, -0.05) is 24.1 Å². The second-order valence-corrected chi connectivity index (χ2v) is 4.95. The van der Waals surface area contributed by atoms with Gasteiger partial charge in [0, 0.05) is 18.1 Å². The third kappa shape index (κ3) is 3.21. The van der Waals surface area contributed by atoms with Gasteiger partial charge >= 0.3 is 0 Å². The van der Waals surface area contributed by atoms with Gasteiger partial charge in [-0.25, -0.2) is 0 Å². The zero-order valence-electron chi connectivity index (χ0n) is 9.58. The molecule has 2 rings (SSSR count). The monoisotopic (exact) mass is 238 g/mol. The lowest BCUT2D eigenvalue weighted by atomic mass is 10.1. The molecule has 0 aliphatic carbocycles. The molecule has 0 aromatic heterocycles. The van der Waals surface area contributed by atoms with Gasteiger partial charge in [-0.2, -0.15) is 0 Å². The van der Waals surface area contributed by atoms with E-state index in [4.69, 9.17) is 17.3 Å². The molecule has 88 valence electrons. The van der Waals surface area contributed by atoms with Gasteiger partial charge in [0.2, 0.25) is 0 Å². The summed E-state index contributed by atoms with van der Waals surface area (Å²) < 4.78 is 0. The molecule has 1 fully saturated rings. The molecule has 1 aromatic rings. The number of hydrogen-bond donors (Lipinski definition) is 1. The van der Waals surface area contributed by atoms with E-state index in [1.165, 1.54) is 37.9 Å². The van der Waals surface area contributed by atoms with E-state index in [0.717, 1.165) is 17.1 Å². The Morgan fingerprint density at radius 1 is 1.06 bits per heavy atom. The lowest BCUT2D eigenvalue weighted by molar-refractivity contribution is 0.221. The molecule has 0 radical (unpaired) electrons. The van der Waals surface area contributed by atoms with Crippen LogP contribution in [-0.2, 0) is 13.1 Å². The molecule has 3 heteroatoms. The Labute approximate surface area is 102 Å². The Morgan fingerprint density at radius 2 is 1.75 bits per heavy atom. The van der Waals surface area contributed by atoms with Crippen molar-refractivity contribution in [2.75, 3.05) is 13.1 Å². The van der Waals surface area contributed by atoms with Crippen LogP contribution in [-0.4, -0.2) is 18.0 Å². The molecule has 1 aliphatic heterocycles. The van der Waals surface area contributed by atoms with Gasteiger partial charge in [-0.3, -0.25) is 4.90 Å². The van der Waals surface area contributed by atoms with Crippen LogP contribution < -0.4 is 5.73 Å². The number of nitrogens with two attached hydrogens (primary N) is 1. The zero-order valence-corrected chi connectivity index (χ0v) is 10.3. The van der Waals surface area contributed by atoms with Crippen LogP contribution in [0.1, 0.15) is 30.4 Å². The number of benzene rings is 1. The third-order valence-corrected chi connectivity index (χ3v) is 3.33. The summed E-state index contributed by atoms with van der Waals surface area (Å²) in [6.07, 6.45) is 4.02. The van der Waals surface area contributed by atoms with E-state index in [0.29, 0.717) is 6.54 Å². The summed E-state index contributed by atoms with van der Waals surface area (Å²) in [6, 6.07) is 6.16. The van der Waals surface area contributed by atoms with Crippen LogP contribution in [0, 0.1) is 0 Å². The number of nitrogens with zero attached hydrogens (tertiary/aromatic N) is 1. The van der Waals surface area contributed by atoms with Crippen molar-refractivity contribution in [3.8, 4) is 0 Å². The lowest BCUT2D eigenvalue weighted by Crippen LogP contribution is -2.29. The van der Waals surface area contributed by atoms with Crippen molar-refractivity contribution in [1.29, 1.82) is 0 Å². The minimum atomic E-state index is 0.563. The number of likely N-dealkylation sites (tertiary alicyclic amines) is 1. The van der Waals surface area contributed by atoms with E-state index in [1.54, 1.807) is 0 Å². The molecule has 0 saturated carbocycles. The first-order valence-corrected chi connectivity index (χ1v) is 6.36. The van der Waals surface area contributed by atoms with Crippen molar-refractivity contribution < 1.29 is 0 Å². The summed E-state index contributed by atoms with van der Waals surface area (Å²) in [6.45, 7) is 4.00. The predicted molar refractivity (Wildman–Crippen MR) is 68.5 cm³/mol. The molecule has 16 heavy (non-hydrogen) atoms. The Balaban J connectivity index is 2.04. The van der Waals surface area contributed by atoms with Crippen LogP contribution in [0.2, 0.25) is 5.02 Å². The molecule has 2 nitrogen and oxygen atoms in total. The highest BCUT2D eigenvalue weighted by Gasteiger charge is 2.10. The fraction of sp³-hybridized carbons (Fsp3) is 0.538. The maximum Gasteiger partial charge on any atom is 0.0412 e. The van der Waals surface area contributed by atoms with Crippen molar-refractivity contribution in [1.82, 2.24) is 4.90 Å². The Morgan fingerprint density at radius 3 is 2.44 bits per heavy atom. The van der Waals surface area contributed by atoms with Gasteiger partial charge in [-0.05, 0) is 49.2 Å². The molecule has 1 aliphatic rings. The minimum absolute atomic E-state index is 0.563. The van der Waals surface area contributed by atoms with Crippen molar-refractivity contribution in [3.05, 3.63) is 34.3 Å². The molecule has 0 spiro atoms. The molecular weight excluding hydrogens is 220 g/mol. The highest BCUT2D eigenvalue weighted by molar-refractivity contribution is 6.30. The van der Waals surface area contributed by atoms with Gasteiger partial charge < -0.3 is 5.73 Å². The van der Waals surface area contributed by atoms with E-state index in [1.807, 2.05) is 6.07 Å². The highest BCUT2D eigenvalue weighted by atomic mass is 35.5. The predicted octanol–water partition coefficient (Wildman–Crippen LogP) is 2.78. The van der Waals surface area contributed by atoms with Crippen LogP contribution in [0.3, 0.4) is 0 Å². The molecule has 0 unspecified atom stereocenters. The topological polar surface area (TPSA) is 29.3 Å². The van der Waals surface area contributed by atoms with Gasteiger partial charge in [0.05, 0.1) is 0 Å². The first-order chi connectivity index (χ1) is 7.78. The van der Waals surface area contributed by atoms with E-state index in [9.17, 15) is 0 Å². The van der Waals surface area contributed by atoms with Crippen LogP contribution >= 0.6 is 11.6 Å². The smallest absolute Gasteiger partial charge is 0.0412 e. The number of hydrogen-bond acceptors (Lipinski definition) is 2. The quantitative estimate of drug-likeness (QED) is 0.878. The molecule has 1 aromatic carbocycles. The van der Waals surface area contributed by atoms with Gasteiger partial charge in [0.1, 0.15) is 0 Å². The van der Waals surface area contributed by atoms with Gasteiger partial charge in [0.15, 0.2) is 0 Å². The fourth-order valence-electron chi connectivity index (χ4n) is 2.30. The van der Waals surface area contributed by atoms with Crippen LogP contribution in [0.5, 0.6) is 0 Å². The first-order valence-electron chi connectivity index (χ1n) is 5.99. The highest BCUT2D eigenvalue weighted by Crippen LogP contribution is 2.18. The van der Waals surface area contributed by atoms with E-state index >= 15 is 0 Å². The van der Waals surface area contributed by atoms with Gasteiger partial charge in [-0.15, -0.1) is 0 Å². The molecule has 1 saturated heterocycles. The Hall–Kier alpha value is -0.570. The van der Waals surface area contributed by atoms with Crippen molar-refractivity contribution in [2.24, 2.45) is 5.73 Å². The number of rotatable bonds is 3. The molecule has 2 N–H and O–H groups in total. The normalized spacial score (nSPS) is 17.6. The van der Waals surface area contributed by atoms with E-state index in [2.05, 4.69) is 17.0 Å². The lowest BCUT2D eigenvalue weighted by Gasteiger charge is -2.26. The van der Waals surface area contributed by atoms with Crippen molar-refractivity contribution in [2.45, 2.75) is 32.4 Å². The third-order valence-electron chi connectivity index (χ3n) is 3.11. The van der Waals surface area contributed by atoms with Crippen molar-refractivity contribution in [3.63, 3.8) is 0 Å². The maximum atomic E-state index is 6.07. The summed E-state index contributed by atoms with van der Waals surface area (Å²) in [7, 11) is 0. The van der Waals surface area contributed by atoms with Crippen LogP contribution in [0.15, 0.2) is 18.2 Å². The van der Waals surface area contributed by atoms with Crippen molar-refractivity contribution >= 4 is 11.6 Å². The maximum absolute atomic E-state index is 6.07. The second kappa shape index (κ2) is 5.67. The molecule has 0 amide bonds. The van der Waals surface area contributed by atoms with E-state index < -0.39 is 0 Å².